The van der Waals surface area contributed by atoms with Gasteiger partial charge in [-0.2, -0.15) is 0 Å². The van der Waals surface area contributed by atoms with Gasteiger partial charge in [-0.1, -0.05) is 12.1 Å². The number of methoxy groups -OCH3 is 3. The molecule has 4 rings (SSSR count). The molecule has 0 unspecified atom stereocenters. The third-order valence-corrected chi connectivity index (χ3v) is 4.96. The lowest BCUT2D eigenvalue weighted by atomic mass is 10.1. The molecule has 0 atom stereocenters. The third kappa shape index (κ3) is 3.75. The summed E-state index contributed by atoms with van der Waals surface area (Å²) in [6.07, 6.45) is 3.63. The molecule has 0 radical (unpaired) electrons. The minimum atomic E-state index is -0.301. The second-order valence-electron chi connectivity index (χ2n) is 6.78. The Morgan fingerprint density at radius 1 is 1.00 bits per heavy atom. The number of aromatic nitrogens is 3. The smallest absolute Gasteiger partial charge is 0.255 e. The molecule has 8 nitrogen and oxygen atoms in total. The summed E-state index contributed by atoms with van der Waals surface area (Å²) < 4.78 is 17.9. The van der Waals surface area contributed by atoms with Gasteiger partial charge in [-0.3, -0.25) is 9.20 Å². The number of hydrogen-bond donors (Lipinski definition) is 1. The van der Waals surface area contributed by atoms with Crippen LogP contribution < -0.4 is 19.5 Å². The van der Waals surface area contributed by atoms with E-state index in [4.69, 9.17) is 14.2 Å². The highest BCUT2D eigenvalue weighted by atomic mass is 16.5. The fraction of sp³-hybridized carbons (Fsp3) is 0.174. The maximum atomic E-state index is 12.9. The van der Waals surface area contributed by atoms with E-state index in [0.717, 1.165) is 17.0 Å². The zero-order chi connectivity index (χ0) is 22.0. The molecule has 0 saturated carbocycles. The largest absolute Gasteiger partial charge is 0.493 e. The van der Waals surface area contributed by atoms with Crippen LogP contribution in [0.25, 0.3) is 17.0 Å². The van der Waals surface area contributed by atoms with Crippen LogP contribution in [0.5, 0.6) is 17.2 Å². The number of nitrogens with zero attached hydrogens (tertiary/aromatic N) is 3. The second-order valence-corrected chi connectivity index (χ2v) is 6.78. The molecule has 0 fully saturated rings. The van der Waals surface area contributed by atoms with Crippen molar-refractivity contribution >= 4 is 17.4 Å². The summed E-state index contributed by atoms with van der Waals surface area (Å²) in [6.45, 7) is 1.98. The molecule has 0 aliphatic carbocycles. The molecule has 31 heavy (non-hydrogen) atoms. The fourth-order valence-corrected chi connectivity index (χ4v) is 3.44. The Kier molecular flexibility index (Phi) is 5.44. The predicted octanol–water partition coefficient (Wildman–Crippen LogP) is 3.98. The number of nitrogens with one attached hydrogen (secondary N) is 1. The van der Waals surface area contributed by atoms with Crippen molar-refractivity contribution in [2.45, 2.75) is 6.92 Å². The van der Waals surface area contributed by atoms with Crippen LogP contribution >= 0.6 is 0 Å². The van der Waals surface area contributed by atoms with Crippen molar-refractivity contribution in [3.05, 3.63) is 66.1 Å². The number of anilines is 1. The number of imidazole rings is 1. The first kappa shape index (κ1) is 20.2. The molecule has 0 aliphatic rings. The minimum Gasteiger partial charge on any atom is -0.493 e. The molecule has 158 valence electrons. The van der Waals surface area contributed by atoms with Crippen LogP contribution in [0, 0.1) is 6.92 Å². The van der Waals surface area contributed by atoms with E-state index in [1.807, 2.05) is 47.9 Å². The average Bonchev–Trinajstić information content (AvgIpc) is 3.14. The SMILES string of the molecule is COc1cc(C(=O)Nc2cccc(-c3nc4ncccn4c3C)c2)cc(OC)c1OC. The van der Waals surface area contributed by atoms with Gasteiger partial charge in [0.25, 0.3) is 5.91 Å². The van der Waals surface area contributed by atoms with Gasteiger partial charge in [0, 0.05) is 34.9 Å². The van der Waals surface area contributed by atoms with Crippen molar-refractivity contribution in [1.29, 1.82) is 0 Å². The molecule has 4 aromatic rings. The van der Waals surface area contributed by atoms with E-state index in [1.54, 1.807) is 18.3 Å². The highest BCUT2D eigenvalue weighted by molar-refractivity contribution is 6.05. The van der Waals surface area contributed by atoms with E-state index in [2.05, 4.69) is 15.3 Å². The minimum absolute atomic E-state index is 0.301. The van der Waals surface area contributed by atoms with Crippen molar-refractivity contribution in [3.63, 3.8) is 0 Å². The van der Waals surface area contributed by atoms with Gasteiger partial charge in [0.1, 0.15) is 0 Å². The first-order valence-corrected chi connectivity index (χ1v) is 9.57. The van der Waals surface area contributed by atoms with Crippen LogP contribution in [0.1, 0.15) is 16.1 Å². The van der Waals surface area contributed by atoms with Gasteiger partial charge in [0.15, 0.2) is 11.5 Å². The van der Waals surface area contributed by atoms with E-state index in [1.165, 1.54) is 21.3 Å². The number of fused-ring (bicyclic) bond motifs is 1. The van der Waals surface area contributed by atoms with Gasteiger partial charge < -0.3 is 19.5 Å². The van der Waals surface area contributed by atoms with E-state index in [0.29, 0.717) is 34.3 Å². The molecular weight excluding hydrogens is 396 g/mol. The highest BCUT2D eigenvalue weighted by Gasteiger charge is 2.18. The quantitative estimate of drug-likeness (QED) is 0.510. The Morgan fingerprint density at radius 2 is 1.74 bits per heavy atom. The summed E-state index contributed by atoms with van der Waals surface area (Å²) >= 11 is 0. The molecule has 0 saturated heterocycles. The first-order valence-electron chi connectivity index (χ1n) is 9.57. The number of carbonyl (C=O) groups is 1. The molecule has 0 aliphatic heterocycles. The molecule has 2 aromatic heterocycles. The topological polar surface area (TPSA) is 87.0 Å². The number of benzene rings is 2. The zero-order valence-electron chi connectivity index (χ0n) is 17.7. The fourth-order valence-electron chi connectivity index (χ4n) is 3.44. The van der Waals surface area contributed by atoms with Crippen LogP contribution in [-0.2, 0) is 0 Å². The number of ether oxygens (including phenoxy) is 3. The molecule has 0 bridgehead atoms. The van der Waals surface area contributed by atoms with Crippen LogP contribution in [-0.4, -0.2) is 41.6 Å². The average molecular weight is 418 g/mol. The summed E-state index contributed by atoms with van der Waals surface area (Å²) in [4.78, 5) is 21.8. The lowest BCUT2D eigenvalue weighted by Gasteiger charge is -2.14. The molecule has 2 heterocycles. The molecular formula is C23H22N4O4. The second kappa shape index (κ2) is 8.35. The molecule has 1 N–H and O–H groups in total. The highest BCUT2D eigenvalue weighted by Crippen LogP contribution is 2.38. The van der Waals surface area contributed by atoms with E-state index >= 15 is 0 Å². The summed E-state index contributed by atoms with van der Waals surface area (Å²) in [5.74, 6) is 1.58. The summed E-state index contributed by atoms with van der Waals surface area (Å²) in [5, 5.41) is 2.92. The van der Waals surface area contributed by atoms with E-state index in [-0.39, 0.29) is 5.91 Å². The monoisotopic (exact) mass is 418 g/mol. The Morgan fingerprint density at radius 3 is 2.39 bits per heavy atom. The van der Waals surface area contributed by atoms with Gasteiger partial charge >= 0.3 is 0 Å². The van der Waals surface area contributed by atoms with Crippen LogP contribution in [0.15, 0.2) is 54.9 Å². The van der Waals surface area contributed by atoms with Gasteiger partial charge in [-0.05, 0) is 37.3 Å². The van der Waals surface area contributed by atoms with E-state index < -0.39 is 0 Å². The Balaban J connectivity index is 1.65. The third-order valence-electron chi connectivity index (χ3n) is 4.96. The van der Waals surface area contributed by atoms with Crippen LogP contribution in [0.3, 0.4) is 0 Å². The van der Waals surface area contributed by atoms with Crippen molar-refractivity contribution < 1.29 is 19.0 Å². The predicted molar refractivity (Wildman–Crippen MR) is 117 cm³/mol. The molecule has 2 aromatic carbocycles. The number of rotatable bonds is 6. The lowest BCUT2D eigenvalue weighted by Crippen LogP contribution is -2.12. The standard InChI is InChI=1S/C23H22N4O4/c1-14-20(26-23-24-9-6-10-27(14)23)15-7-5-8-17(11-15)25-22(28)16-12-18(29-2)21(31-4)19(13-16)30-3/h5-13H,1-4H3,(H,25,28). The molecule has 0 spiro atoms. The number of aryl methyl sites for hydroxylation is 1. The van der Waals surface area contributed by atoms with Crippen LogP contribution in [0.2, 0.25) is 0 Å². The maximum absolute atomic E-state index is 12.9. The Hall–Kier alpha value is -4.07. The summed E-state index contributed by atoms with van der Waals surface area (Å²) in [6, 6.07) is 12.6. The number of hydrogen-bond acceptors (Lipinski definition) is 6. The van der Waals surface area contributed by atoms with Crippen molar-refractivity contribution in [2.24, 2.45) is 0 Å². The molecule has 8 heteroatoms. The zero-order valence-corrected chi connectivity index (χ0v) is 17.7. The summed E-state index contributed by atoms with van der Waals surface area (Å²) in [5.41, 5.74) is 3.68. The molecule has 1 amide bonds. The number of amides is 1. The van der Waals surface area contributed by atoms with E-state index in [9.17, 15) is 4.79 Å². The first-order chi connectivity index (χ1) is 15.0. The number of carbonyl (C=O) groups excluding carboxylic acids is 1. The van der Waals surface area contributed by atoms with Crippen molar-refractivity contribution in [3.8, 4) is 28.5 Å². The van der Waals surface area contributed by atoms with Crippen LogP contribution in [0.4, 0.5) is 5.69 Å². The Bertz CT molecular complexity index is 1240. The van der Waals surface area contributed by atoms with Crippen molar-refractivity contribution in [1.82, 2.24) is 14.4 Å². The lowest BCUT2D eigenvalue weighted by molar-refractivity contribution is 0.102. The van der Waals surface area contributed by atoms with Gasteiger partial charge in [0.05, 0.1) is 27.0 Å². The van der Waals surface area contributed by atoms with Gasteiger partial charge in [0.2, 0.25) is 11.5 Å². The maximum Gasteiger partial charge on any atom is 0.255 e. The van der Waals surface area contributed by atoms with Gasteiger partial charge in [-0.25, -0.2) is 9.97 Å². The Labute approximate surface area is 179 Å². The van der Waals surface area contributed by atoms with Crippen molar-refractivity contribution in [2.75, 3.05) is 26.6 Å². The summed E-state index contributed by atoms with van der Waals surface area (Å²) in [7, 11) is 4.53. The normalized spacial score (nSPS) is 10.7. The van der Waals surface area contributed by atoms with Gasteiger partial charge in [-0.15, -0.1) is 0 Å².